The third-order valence-electron chi connectivity index (χ3n) is 4.60. The van der Waals surface area contributed by atoms with Crippen LogP contribution in [0.2, 0.25) is 0 Å². The number of benzene rings is 2. The molecule has 4 heteroatoms. The number of nitriles is 1. The zero-order chi connectivity index (χ0) is 18.7. The van der Waals surface area contributed by atoms with Crippen LogP contribution < -0.4 is 0 Å². The van der Waals surface area contributed by atoms with E-state index in [2.05, 4.69) is 42.7 Å². The minimum absolute atomic E-state index is 0.201. The zero-order valence-corrected chi connectivity index (χ0v) is 15.8. The molecule has 0 atom stereocenters. The minimum Gasteiger partial charge on any atom is -0.469 e. The van der Waals surface area contributed by atoms with Gasteiger partial charge in [-0.15, -0.1) is 11.8 Å². The number of nitrogens with zero attached hydrogens (tertiary/aromatic N) is 1. The number of carbonyl (C=O) groups excluding carboxylic acids is 1. The van der Waals surface area contributed by atoms with Gasteiger partial charge >= 0.3 is 5.97 Å². The number of fused-ring (bicyclic) bond motifs is 1. The molecule has 2 aromatic rings. The lowest BCUT2D eigenvalue weighted by atomic mass is 9.99. The number of thioether (sulfide) groups is 1. The van der Waals surface area contributed by atoms with E-state index in [1.54, 1.807) is 11.8 Å². The number of rotatable bonds is 4. The summed E-state index contributed by atoms with van der Waals surface area (Å²) in [4.78, 5) is 13.1. The molecule has 3 rings (SSSR count). The van der Waals surface area contributed by atoms with Crippen LogP contribution in [0, 0.1) is 11.3 Å². The highest BCUT2D eigenvalue weighted by Gasteiger charge is 2.25. The molecule has 0 unspecified atom stereocenters. The molecule has 0 fully saturated rings. The average molecular weight is 361 g/mol. The maximum absolute atomic E-state index is 11.9. The second kappa shape index (κ2) is 7.63. The Balaban J connectivity index is 2.11. The van der Waals surface area contributed by atoms with Crippen LogP contribution in [0.15, 0.2) is 52.9 Å². The van der Waals surface area contributed by atoms with E-state index in [1.165, 1.54) is 12.0 Å². The summed E-state index contributed by atoms with van der Waals surface area (Å²) in [5.41, 5.74) is 6.75. The van der Waals surface area contributed by atoms with Crippen molar-refractivity contribution in [1.82, 2.24) is 0 Å². The lowest BCUT2D eigenvalue weighted by molar-refractivity contribution is -0.139. The van der Waals surface area contributed by atoms with Crippen LogP contribution in [0.3, 0.4) is 0 Å². The van der Waals surface area contributed by atoms with E-state index in [4.69, 9.17) is 4.74 Å². The van der Waals surface area contributed by atoms with Gasteiger partial charge in [0.1, 0.15) is 0 Å². The molecule has 0 N–H and O–H groups in total. The van der Waals surface area contributed by atoms with E-state index >= 15 is 0 Å². The van der Waals surface area contributed by atoms with Gasteiger partial charge in [0, 0.05) is 4.90 Å². The number of esters is 1. The zero-order valence-electron chi connectivity index (χ0n) is 15.0. The predicted molar refractivity (Wildman–Crippen MR) is 106 cm³/mol. The Morgan fingerprint density at radius 1 is 1.19 bits per heavy atom. The summed E-state index contributed by atoms with van der Waals surface area (Å²) in [7, 11) is 1.39. The molecule has 0 radical (unpaired) electrons. The minimum atomic E-state index is -0.279. The lowest BCUT2D eigenvalue weighted by Crippen LogP contribution is -2.01. The number of hydrogen-bond acceptors (Lipinski definition) is 4. The molecule has 0 amide bonds. The number of hydrogen-bond donors (Lipinski definition) is 0. The fraction of sp³-hybridized carbons (Fsp3) is 0.182. The van der Waals surface area contributed by atoms with Crippen LogP contribution >= 0.6 is 11.8 Å². The first kappa shape index (κ1) is 18.0. The average Bonchev–Trinajstić information content (AvgIpc) is 2.93. The van der Waals surface area contributed by atoms with Crippen LogP contribution in [-0.2, 0) is 9.53 Å². The van der Waals surface area contributed by atoms with Gasteiger partial charge in [-0.1, -0.05) is 18.2 Å². The van der Waals surface area contributed by atoms with Crippen molar-refractivity contribution in [2.24, 2.45) is 0 Å². The number of carbonyl (C=O) groups is 1. The summed E-state index contributed by atoms with van der Waals surface area (Å²) in [6, 6.07) is 16.2. The molecular weight excluding hydrogens is 342 g/mol. The third kappa shape index (κ3) is 3.44. The van der Waals surface area contributed by atoms with Gasteiger partial charge in [0.25, 0.3) is 0 Å². The molecule has 0 aliphatic heterocycles. The normalized spacial score (nSPS) is 14.3. The smallest absolute Gasteiger partial charge is 0.310 e. The molecule has 130 valence electrons. The van der Waals surface area contributed by atoms with Crippen molar-refractivity contribution in [3.63, 3.8) is 0 Å². The van der Waals surface area contributed by atoms with Crippen LogP contribution in [0.4, 0.5) is 0 Å². The molecule has 3 nitrogen and oxygen atoms in total. The molecule has 2 aromatic carbocycles. The van der Waals surface area contributed by atoms with Crippen LogP contribution in [-0.4, -0.2) is 19.3 Å². The monoisotopic (exact) mass is 361 g/mol. The van der Waals surface area contributed by atoms with Crippen LogP contribution in [0.5, 0.6) is 0 Å². The van der Waals surface area contributed by atoms with Gasteiger partial charge in [-0.3, -0.25) is 4.79 Å². The summed E-state index contributed by atoms with van der Waals surface area (Å²) in [5, 5.41) is 9.23. The van der Waals surface area contributed by atoms with Gasteiger partial charge < -0.3 is 4.74 Å². The van der Waals surface area contributed by atoms with E-state index < -0.39 is 0 Å². The Labute approximate surface area is 158 Å². The Kier molecular flexibility index (Phi) is 5.29. The van der Waals surface area contributed by atoms with Crippen molar-refractivity contribution in [2.45, 2.75) is 18.2 Å². The third-order valence-corrected chi connectivity index (χ3v) is 5.34. The van der Waals surface area contributed by atoms with Crippen molar-refractivity contribution in [3.8, 4) is 6.07 Å². The largest absolute Gasteiger partial charge is 0.469 e. The van der Waals surface area contributed by atoms with E-state index in [-0.39, 0.29) is 12.4 Å². The van der Waals surface area contributed by atoms with Gasteiger partial charge in [-0.2, -0.15) is 5.26 Å². The summed E-state index contributed by atoms with van der Waals surface area (Å²) in [6.45, 7) is 2.02. The van der Waals surface area contributed by atoms with Gasteiger partial charge in [0.15, 0.2) is 0 Å². The highest BCUT2D eigenvalue weighted by atomic mass is 32.2. The molecule has 26 heavy (non-hydrogen) atoms. The Morgan fingerprint density at radius 3 is 2.54 bits per heavy atom. The predicted octanol–water partition coefficient (Wildman–Crippen LogP) is 5.17. The summed E-state index contributed by atoms with van der Waals surface area (Å²) in [6.07, 6.45) is 4.39. The van der Waals surface area contributed by atoms with Gasteiger partial charge in [-0.05, 0) is 76.9 Å². The molecule has 0 saturated carbocycles. The highest BCUT2D eigenvalue weighted by molar-refractivity contribution is 7.98. The van der Waals surface area contributed by atoms with E-state index in [9.17, 15) is 10.1 Å². The Bertz CT molecular complexity index is 963. The number of methoxy groups -OCH3 is 1. The molecule has 1 aliphatic carbocycles. The summed E-state index contributed by atoms with van der Waals surface area (Å²) < 4.78 is 4.85. The molecule has 0 spiro atoms. The second-order valence-electron chi connectivity index (χ2n) is 6.06. The fourth-order valence-electron chi connectivity index (χ4n) is 3.16. The maximum atomic E-state index is 11.9. The molecule has 0 saturated heterocycles. The van der Waals surface area contributed by atoms with E-state index in [0.717, 1.165) is 33.4 Å². The van der Waals surface area contributed by atoms with Crippen LogP contribution in [0.1, 0.15) is 35.6 Å². The van der Waals surface area contributed by atoms with E-state index in [1.807, 2.05) is 25.1 Å². The van der Waals surface area contributed by atoms with Crippen molar-refractivity contribution in [3.05, 3.63) is 70.3 Å². The van der Waals surface area contributed by atoms with Crippen molar-refractivity contribution in [1.29, 1.82) is 5.26 Å². The fourth-order valence-corrected chi connectivity index (χ4v) is 3.57. The number of ether oxygens (including phenoxy) is 1. The van der Waals surface area contributed by atoms with Crippen molar-refractivity contribution in [2.75, 3.05) is 13.4 Å². The number of allylic oxidation sites excluding steroid dienone is 2. The standard InChI is InChI=1S/C22H19NO2S/c1-14-19(10-15-4-7-17(26-3)8-5-15)18-9-6-16(13-23)11-21(18)20(14)12-22(24)25-2/h4-11H,12H2,1-3H3/b19-10-. The first-order chi connectivity index (χ1) is 12.6. The molecule has 1 aliphatic rings. The summed E-state index contributed by atoms with van der Waals surface area (Å²) >= 11 is 1.71. The van der Waals surface area contributed by atoms with E-state index in [0.29, 0.717) is 5.56 Å². The lowest BCUT2D eigenvalue weighted by Gasteiger charge is -2.05. The molecule has 0 heterocycles. The van der Waals surface area contributed by atoms with Gasteiger partial charge in [0.05, 0.1) is 25.2 Å². The molecule has 0 bridgehead atoms. The summed E-state index contributed by atoms with van der Waals surface area (Å²) in [5.74, 6) is -0.279. The van der Waals surface area contributed by atoms with Crippen LogP contribution in [0.25, 0.3) is 17.2 Å². The molecular formula is C22H19NO2S. The highest BCUT2D eigenvalue weighted by Crippen LogP contribution is 2.44. The Hall–Kier alpha value is -2.77. The van der Waals surface area contributed by atoms with Gasteiger partial charge in [-0.25, -0.2) is 0 Å². The molecule has 0 aromatic heterocycles. The topological polar surface area (TPSA) is 50.1 Å². The quantitative estimate of drug-likeness (QED) is 0.557. The Morgan fingerprint density at radius 2 is 1.92 bits per heavy atom. The van der Waals surface area contributed by atoms with Crippen molar-refractivity contribution < 1.29 is 9.53 Å². The van der Waals surface area contributed by atoms with Gasteiger partial charge in [0.2, 0.25) is 0 Å². The second-order valence-corrected chi connectivity index (χ2v) is 6.94. The first-order valence-corrected chi connectivity index (χ1v) is 9.47. The SMILES string of the molecule is COC(=O)CC1=C(C)/C(=C/c2ccc(SC)cc2)c2ccc(C#N)cc21. The first-order valence-electron chi connectivity index (χ1n) is 8.25. The maximum Gasteiger partial charge on any atom is 0.310 e. The van der Waals surface area contributed by atoms with Crippen molar-refractivity contribution >= 4 is 35.0 Å².